The number of hydrogen-bond donors (Lipinski definition) is 2. The lowest BCUT2D eigenvalue weighted by atomic mass is 10.2. The van der Waals surface area contributed by atoms with E-state index in [0.29, 0.717) is 5.69 Å². The quantitative estimate of drug-likeness (QED) is 0.892. The maximum absolute atomic E-state index is 12.0. The zero-order valence-corrected chi connectivity index (χ0v) is 12.0. The van der Waals surface area contributed by atoms with E-state index in [2.05, 4.69) is 10.3 Å². The van der Waals surface area contributed by atoms with E-state index in [-0.39, 0.29) is 18.6 Å². The molecule has 2 heterocycles. The Morgan fingerprint density at radius 2 is 2.37 bits per heavy atom. The normalized spacial score (nSPS) is 12.4. The minimum absolute atomic E-state index is 0.0751. The molecular formula is C13H17N3O2S. The number of rotatable bonds is 4. The van der Waals surface area contributed by atoms with E-state index in [1.54, 1.807) is 22.8 Å². The Balaban J connectivity index is 2.24. The van der Waals surface area contributed by atoms with Crippen molar-refractivity contribution >= 4 is 17.2 Å². The number of amides is 1. The fourth-order valence-corrected chi connectivity index (χ4v) is 2.39. The van der Waals surface area contributed by atoms with E-state index in [4.69, 9.17) is 5.11 Å². The zero-order chi connectivity index (χ0) is 14.0. The SMILES string of the molecule is Cc1nc(-c2cc(C(=O)N[C@H](C)CO)n(C)c2)cs1. The first-order valence-corrected chi connectivity index (χ1v) is 6.90. The first-order valence-electron chi connectivity index (χ1n) is 6.02. The van der Waals surface area contributed by atoms with Gasteiger partial charge in [0.25, 0.3) is 5.91 Å². The van der Waals surface area contributed by atoms with Crippen LogP contribution in [0.25, 0.3) is 11.3 Å². The van der Waals surface area contributed by atoms with E-state index < -0.39 is 0 Å². The molecule has 1 amide bonds. The lowest BCUT2D eigenvalue weighted by Gasteiger charge is -2.10. The van der Waals surface area contributed by atoms with Crippen molar-refractivity contribution in [2.45, 2.75) is 19.9 Å². The summed E-state index contributed by atoms with van der Waals surface area (Å²) in [5.41, 5.74) is 2.36. The standard InChI is InChI=1S/C13H17N3O2S/c1-8(6-17)14-13(18)12-4-10(5-16(12)3)11-7-19-9(2)15-11/h4-5,7-8,17H,6H2,1-3H3,(H,14,18)/t8-/m1/s1. The Morgan fingerprint density at radius 1 is 1.63 bits per heavy atom. The minimum Gasteiger partial charge on any atom is -0.394 e. The molecule has 6 heteroatoms. The average Bonchev–Trinajstić information content (AvgIpc) is 2.95. The van der Waals surface area contributed by atoms with Crippen LogP contribution in [0.2, 0.25) is 0 Å². The average molecular weight is 279 g/mol. The van der Waals surface area contributed by atoms with Gasteiger partial charge in [0, 0.05) is 30.2 Å². The maximum atomic E-state index is 12.0. The smallest absolute Gasteiger partial charge is 0.268 e. The molecule has 0 aliphatic rings. The number of aliphatic hydroxyl groups is 1. The van der Waals surface area contributed by atoms with Crippen LogP contribution in [0.1, 0.15) is 22.4 Å². The van der Waals surface area contributed by atoms with Crippen LogP contribution in [0, 0.1) is 6.92 Å². The van der Waals surface area contributed by atoms with Gasteiger partial charge in [-0.1, -0.05) is 0 Å². The molecule has 0 saturated carbocycles. The highest BCUT2D eigenvalue weighted by Gasteiger charge is 2.15. The second-order valence-electron chi connectivity index (χ2n) is 4.53. The number of nitrogens with zero attached hydrogens (tertiary/aromatic N) is 2. The van der Waals surface area contributed by atoms with Gasteiger partial charge in [0.15, 0.2) is 0 Å². The molecule has 0 aliphatic carbocycles. The molecule has 0 spiro atoms. The Kier molecular flexibility index (Phi) is 4.01. The van der Waals surface area contributed by atoms with Crippen LogP contribution in [0.3, 0.4) is 0 Å². The van der Waals surface area contributed by atoms with Crippen LogP contribution in [0.4, 0.5) is 0 Å². The van der Waals surface area contributed by atoms with Crippen molar-refractivity contribution in [1.82, 2.24) is 14.9 Å². The van der Waals surface area contributed by atoms with Crippen molar-refractivity contribution in [3.63, 3.8) is 0 Å². The lowest BCUT2D eigenvalue weighted by molar-refractivity contribution is 0.0914. The molecule has 1 atom stereocenters. The summed E-state index contributed by atoms with van der Waals surface area (Å²) in [6.07, 6.45) is 1.88. The summed E-state index contributed by atoms with van der Waals surface area (Å²) in [7, 11) is 1.82. The van der Waals surface area contributed by atoms with Gasteiger partial charge in [-0.2, -0.15) is 0 Å². The van der Waals surface area contributed by atoms with E-state index in [9.17, 15) is 4.79 Å². The Labute approximate surface area is 115 Å². The second-order valence-corrected chi connectivity index (χ2v) is 5.60. The number of aryl methyl sites for hydroxylation is 2. The molecule has 5 nitrogen and oxygen atoms in total. The first kappa shape index (κ1) is 13.8. The molecule has 0 radical (unpaired) electrons. The van der Waals surface area contributed by atoms with Crippen LogP contribution < -0.4 is 5.32 Å². The molecule has 0 aliphatic heterocycles. The summed E-state index contributed by atoms with van der Waals surface area (Å²) in [6, 6.07) is 1.56. The third kappa shape index (κ3) is 3.02. The third-order valence-corrected chi connectivity index (χ3v) is 3.58. The number of hydrogen-bond acceptors (Lipinski definition) is 4. The van der Waals surface area contributed by atoms with E-state index in [1.807, 2.05) is 31.6 Å². The van der Waals surface area contributed by atoms with Crippen molar-refractivity contribution in [3.8, 4) is 11.3 Å². The maximum Gasteiger partial charge on any atom is 0.268 e. The van der Waals surface area contributed by atoms with Gasteiger partial charge in [-0.15, -0.1) is 11.3 Å². The molecule has 2 aromatic heterocycles. The van der Waals surface area contributed by atoms with Gasteiger partial charge >= 0.3 is 0 Å². The van der Waals surface area contributed by atoms with Gasteiger partial charge in [0.05, 0.1) is 17.3 Å². The van der Waals surface area contributed by atoms with Gasteiger partial charge < -0.3 is 15.0 Å². The summed E-state index contributed by atoms with van der Waals surface area (Å²) in [5, 5.41) is 14.7. The van der Waals surface area contributed by atoms with Crippen LogP contribution in [-0.4, -0.2) is 33.2 Å². The Morgan fingerprint density at radius 3 is 2.95 bits per heavy atom. The van der Waals surface area contributed by atoms with E-state index >= 15 is 0 Å². The number of nitrogens with one attached hydrogen (secondary N) is 1. The monoisotopic (exact) mass is 279 g/mol. The summed E-state index contributed by atoms with van der Waals surface area (Å²) < 4.78 is 1.77. The predicted octanol–water partition coefficient (Wildman–Crippen LogP) is 1.57. The molecule has 0 unspecified atom stereocenters. The minimum atomic E-state index is -0.257. The summed E-state index contributed by atoms with van der Waals surface area (Å²) >= 11 is 1.58. The molecule has 19 heavy (non-hydrogen) atoms. The topological polar surface area (TPSA) is 67.2 Å². The van der Waals surface area contributed by atoms with E-state index in [0.717, 1.165) is 16.3 Å². The fraction of sp³-hybridized carbons (Fsp3) is 0.385. The zero-order valence-electron chi connectivity index (χ0n) is 11.2. The second kappa shape index (κ2) is 5.54. The Hall–Kier alpha value is -1.66. The highest BCUT2D eigenvalue weighted by Crippen LogP contribution is 2.23. The predicted molar refractivity (Wildman–Crippen MR) is 75.3 cm³/mol. The molecule has 0 fully saturated rings. The van der Waals surface area contributed by atoms with Gasteiger partial charge in [-0.25, -0.2) is 4.98 Å². The van der Waals surface area contributed by atoms with Crippen LogP contribution in [0.15, 0.2) is 17.6 Å². The van der Waals surface area contributed by atoms with Crippen LogP contribution in [0.5, 0.6) is 0 Å². The molecule has 0 aromatic carbocycles. The number of aromatic nitrogens is 2. The molecule has 2 rings (SSSR count). The van der Waals surface area contributed by atoms with Crippen molar-refractivity contribution in [1.29, 1.82) is 0 Å². The number of aliphatic hydroxyl groups excluding tert-OH is 1. The fourth-order valence-electron chi connectivity index (χ4n) is 1.77. The van der Waals surface area contributed by atoms with Crippen LogP contribution in [-0.2, 0) is 7.05 Å². The largest absolute Gasteiger partial charge is 0.394 e. The highest BCUT2D eigenvalue weighted by molar-refractivity contribution is 7.09. The van der Waals surface area contributed by atoms with Gasteiger partial charge in [-0.05, 0) is 19.9 Å². The van der Waals surface area contributed by atoms with Gasteiger partial charge in [-0.3, -0.25) is 4.79 Å². The lowest BCUT2D eigenvalue weighted by Crippen LogP contribution is -2.35. The third-order valence-electron chi connectivity index (χ3n) is 2.80. The molecule has 2 aromatic rings. The van der Waals surface area contributed by atoms with E-state index in [1.165, 1.54) is 0 Å². The summed E-state index contributed by atoms with van der Waals surface area (Å²) in [4.78, 5) is 16.4. The number of carbonyl (C=O) groups is 1. The summed E-state index contributed by atoms with van der Waals surface area (Å²) in [6.45, 7) is 3.63. The van der Waals surface area contributed by atoms with Crippen molar-refractivity contribution in [3.05, 3.63) is 28.3 Å². The highest BCUT2D eigenvalue weighted by atomic mass is 32.1. The van der Waals surface area contributed by atoms with Crippen molar-refractivity contribution < 1.29 is 9.90 Å². The number of carbonyl (C=O) groups excluding carboxylic acids is 1. The molecular weight excluding hydrogens is 262 g/mol. The Bertz CT molecular complexity index is 588. The number of thiazole rings is 1. The van der Waals surface area contributed by atoms with Crippen LogP contribution >= 0.6 is 11.3 Å². The van der Waals surface area contributed by atoms with Crippen molar-refractivity contribution in [2.24, 2.45) is 7.05 Å². The molecule has 102 valence electrons. The summed E-state index contributed by atoms with van der Waals surface area (Å²) in [5.74, 6) is -0.192. The molecule has 2 N–H and O–H groups in total. The molecule has 0 saturated heterocycles. The van der Waals surface area contributed by atoms with Crippen molar-refractivity contribution in [2.75, 3.05) is 6.61 Å². The first-order chi connectivity index (χ1) is 9.01. The van der Waals surface area contributed by atoms with Gasteiger partial charge in [0.1, 0.15) is 5.69 Å². The molecule has 0 bridgehead atoms. The van der Waals surface area contributed by atoms with Gasteiger partial charge in [0.2, 0.25) is 0 Å².